The van der Waals surface area contributed by atoms with Crippen LogP contribution in [0.3, 0.4) is 0 Å². The lowest BCUT2D eigenvalue weighted by molar-refractivity contribution is 0.0648. The van der Waals surface area contributed by atoms with E-state index < -0.39 is 0 Å². The molecule has 5 heterocycles. The van der Waals surface area contributed by atoms with E-state index in [4.69, 9.17) is 4.99 Å². The molecule has 3 aromatic rings. The quantitative estimate of drug-likeness (QED) is 0.404. The molecule has 2 aromatic heterocycles. The Labute approximate surface area is 225 Å². The molecule has 1 aromatic carbocycles. The number of aromatic nitrogens is 1. The number of amides is 2. The maximum absolute atomic E-state index is 13.1. The predicted octanol–water partition coefficient (Wildman–Crippen LogP) is 4.24. The second kappa shape index (κ2) is 10.3. The molecule has 0 saturated carbocycles. The summed E-state index contributed by atoms with van der Waals surface area (Å²) in [4.78, 5) is 50.5. The lowest BCUT2D eigenvalue weighted by Gasteiger charge is -2.18. The first-order valence-corrected chi connectivity index (χ1v) is 14.2. The number of likely N-dealkylation sites (tertiary alicyclic amines) is 1. The van der Waals surface area contributed by atoms with Crippen LogP contribution >= 0.6 is 11.3 Å². The van der Waals surface area contributed by atoms with Crippen molar-refractivity contribution in [1.29, 1.82) is 0 Å². The summed E-state index contributed by atoms with van der Waals surface area (Å²) in [5.41, 5.74) is 5.26. The number of anilines is 1. The van der Waals surface area contributed by atoms with Crippen molar-refractivity contribution in [2.75, 3.05) is 31.5 Å². The maximum atomic E-state index is 13.1. The third kappa shape index (κ3) is 4.72. The summed E-state index contributed by atoms with van der Waals surface area (Å²) in [6.45, 7) is 5.63. The lowest BCUT2D eigenvalue weighted by atomic mass is 9.99. The molecule has 2 N–H and O–H groups in total. The van der Waals surface area contributed by atoms with Crippen LogP contribution in [0.5, 0.6) is 0 Å². The number of hydrogen-bond donors (Lipinski definition) is 2. The fourth-order valence-electron chi connectivity index (χ4n) is 5.75. The molecule has 1 atom stereocenters. The molecule has 9 heteroatoms. The summed E-state index contributed by atoms with van der Waals surface area (Å²) in [7, 11) is 0. The zero-order valence-corrected chi connectivity index (χ0v) is 22.3. The second-order valence-electron chi connectivity index (χ2n) is 10.4. The number of pyridine rings is 1. The standard InChI is InChI=1S/C29H31N5O3S/c1-18(13-19-6-12-38-17-19)31-23-5-7-30-27(35)26(23)25-15-20-14-21-22(16-24(20)32-25)29(37)34(28(21)36)11-4-10-33-8-2-3-9-33/h5-7,12,14,16-18H,2-4,8-11,13,15H2,1H3,(H2,30,31,35). The Morgan fingerprint density at radius 2 is 1.87 bits per heavy atom. The third-order valence-corrected chi connectivity index (χ3v) is 8.34. The fraction of sp³-hybridized carbons (Fsp3) is 0.379. The van der Waals surface area contributed by atoms with E-state index >= 15 is 0 Å². The summed E-state index contributed by atoms with van der Waals surface area (Å²) in [6, 6.07) is 7.60. The molecule has 38 heavy (non-hydrogen) atoms. The van der Waals surface area contributed by atoms with Crippen molar-refractivity contribution in [1.82, 2.24) is 14.8 Å². The molecule has 0 radical (unpaired) electrons. The Kier molecular flexibility index (Phi) is 6.71. The number of rotatable bonds is 9. The minimum absolute atomic E-state index is 0.116. The fourth-order valence-corrected chi connectivity index (χ4v) is 6.43. The van der Waals surface area contributed by atoms with Crippen LogP contribution in [-0.4, -0.2) is 64.5 Å². The number of carbonyl (C=O) groups excluding carboxylic acids is 2. The Bertz CT molecular complexity index is 1470. The van der Waals surface area contributed by atoms with E-state index in [1.54, 1.807) is 29.7 Å². The molecule has 3 aliphatic rings. The predicted molar refractivity (Wildman–Crippen MR) is 150 cm³/mol. The Morgan fingerprint density at radius 3 is 2.63 bits per heavy atom. The van der Waals surface area contributed by atoms with Crippen LogP contribution in [0.15, 0.2) is 51.0 Å². The number of nitrogens with zero attached hydrogens (tertiary/aromatic N) is 3. The number of imide groups is 1. The van der Waals surface area contributed by atoms with Crippen LogP contribution < -0.4 is 10.9 Å². The molecular weight excluding hydrogens is 498 g/mol. The highest BCUT2D eigenvalue weighted by Crippen LogP contribution is 2.36. The Balaban J connectivity index is 1.20. The monoisotopic (exact) mass is 529 g/mol. The van der Waals surface area contributed by atoms with Crippen LogP contribution in [-0.2, 0) is 12.8 Å². The summed E-state index contributed by atoms with van der Waals surface area (Å²) in [5.74, 6) is -0.482. The van der Waals surface area contributed by atoms with Gasteiger partial charge in [-0.15, -0.1) is 0 Å². The molecule has 196 valence electrons. The first kappa shape index (κ1) is 24.8. The van der Waals surface area contributed by atoms with E-state index in [9.17, 15) is 14.4 Å². The van der Waals surface area contributed by atoms with Gasteiger partial charge in [0, 0.05) is 25.2 Å². The first-order chi connectivity index (χ1) is 18.5. The van der Waals surface area contributed by atoms with Crippen molar-refractivity contribution in [3.05, 3.63) is 79.4 Å². The van der Waals surface area contributed by atoms with Crippen molar-refractivity contribution in [3.8, 4) is 0 Å². The maximum Gasteiger partial charge on any atom is 0.261 e. The molecule has 3 aliphatic heterocycles. The SMILES string of the molecule is CC(Cc1ccsc1)Nc1cc[nH]c(=O)c1C1=Nc2cc3c(cc2C1)C(=O)N(CCCN1CCCC1)C3=O. The van der Waals surface area contributed by atoms with Crippen LogP contribution in [0.4, 0.5) is 11.4 Å². The highest BCUT2D eigenvalue weighted by Gasteiger charge is 2.37. The van der Waals surface area contributed by atoms with E-state index in [2.05, 4.69) is 39.0 Å². The first-order valence-electron chi connectivity index (χ1n) is 13.3. The largest absolute Gasteiger partial charge is 0.382 e. The van der Waals surface area contributed by atoms with Crippen molar-refractivity contribution in [2.45, 2.75) is 45.1 Å². The minimum atomic E-state index is -0.250. The molecule has 1 unspecified atom stereocenters. The van der Waals surface area contributed by atoms with E-state index in [1.807, 2.05) is 6.07 Å². The Morgan fingerprint density at radius 1 is 1.08 bits per heavy atom. The van der Waals surface area contributed by atoms with Crippen LogP contribution in [0.25, 0.3) is 0 Å². The topological polar surface area (TPSA) is 97.9 Å². The smallest absolute Gasteiger partial charge is 0.261 e. The molecule has 2 amide bonds. The Hall–Kier alpha value is -3.56. The van der Waals surface area contributed by atoms with Crippen molar-refractivity contribution >= 4 is 40.2 Å². The van der Waals surface area contributed by atoms with E-state index in [0.29, 0.717) is 41.1 Å². The van der Waals surface area contributed by atoms with Crippen molar-refractivity contribution in [3.63, 3.8) is 0 Å². The van der Waals surface area contributed by atoms with Crippen LogP contribution in [0, 0.1) is 0 Å². The van der Waals surface area contributed by atoms with Crippen molar-refractivity contribution < 1.29 is 9.59 Å². The molecule has 0 spiro atoms. The van der Waals surface area contributed by atoms with Gasteiger partial charge in [-0.2, -0.15) is 11.3 Å². The van der Waals surface area contributed by atoms with Crippen molar-refractivity contribution in [2.24, 2.45) is 4.99 Å². The van der Waals surface area contributed by atoms with Crippen LogP contribution in [0.2, 0.25) is 0 Å². The number of fused-ring (bicyclic) bond motifs is 2. The highest BCUT2D eigenvalue weighted by atomic mass is 32.1. The number of aliphatic imine (C=N–C) groups is 1. The number of benzene rings is 1. The second-order valence-corrected chi connectivity index (χ2v) is 11.2. The number of H-pyrrole nitrogens is 1. The van der Waals surface area contributed by atoms with Gasteiger partial charge in [-0.05, 0) is 98.4 Å². The van der Waals surface area contributed by atoms with Gasteiger partial charge >= 0.3 is 0 Å². The summed E-state index contributed by atoms with van der Waals surface area (Å²) in [6.07, 6.45) is 6.14. The van der Waals surface area contributed by atoms with Gasteiger partial charge in [0.2, 0.25) is 0 Å². The molecular formula is C29H31N5O3S. The van der Waals surface area contributed by atoms with Gasteiger partial charge in [0.15, 0.2) is 0 Å². The van der Waals surface area contributed by atoms with Gasteiger partial charge in [-0.3, -0.25) is 24.3 Å². The molecule has 0 aliphatic carbocycles. The third-order valence-electron chi connectivity index (χ3n) is 7.61. The molecule has 8 nitrogen and oxygen atoms in total. The summed E-state index contributed by atoms with van der Waals surface area (Å²) < 4.78 is 0. The molecule has 0 bridgehead atoms. The van der Waals surface area contributed by atoms with E-state index in [-0.39, 0.29) is 23.4 Å². The van der Waals surface area contributed by atoms with Gasteiger partial charge in [-0.1, -0.05) is 0 Å². The number of hydrogen-bond acceptors (Lipinski definition) is 7. The van der Waals surface area contributed by atoms with Gasteiger partial charge in [0.05, 0.1) is 33.8 Å². The number of carbonyl (C=O) groups is 2. The van der Waals surface area contributed by atoms with Gasteiger partial charge < -0.3 is 15.2 Å². The molecule has 6 rings (SSSR count). The lowest BCUT2D eigenvalue weighted by Crippen LogP contribution is -2.33. The van der Waals surface area contributed by atoms with E-state index in [0.717, 1.165) is 43.7 Å². The van der Waals surface area contributed by atoms with Gasteiger partial charge in [-0.25, -0.2) is 0 Å². The average molecular weight is 530 g/mol. The molecule has 1 saturated heterocycles. The average Bonchev–Trinajstić information content (AvgIpc) is 3.69. The molecule has 1 fully saturated rings. The van der Waals surface area contributed by atoms with Gasteiger partial charge in [0.1, 0.15) is 0 Å². The highest BCUT2D eigenvalue weighted by molar-refractivity contribution is 7.07. The zero-order chi connectivity index (χ0) is 26.2. The number of thiophene rings is 1. The summed E-state index contributed by atoms with van der Waals surface area (Å²) in [5, 5.41) is 7.67. The van der Waals surface area contributed by atoms with Crippen LogP contribution in [0.1, 0.15) is 63.6 Å². The number of nitrogens with one attached hydrogen (secondary N) is 2. The summed E-state index contributed by atoms with van der Waals surface area (Å²) >= 11 is 1.67. The van der Waals surface area contributed by atoms with Gasteiger partial charge in [0.25, 0.3) is 17.4 Å². The number of aromatic amines is 1. The normalized spacial score (nSPS) is 17.6. The van der Waals surface area contributed by atoms with E-state index in [1.165, 1.54) is 23.3 Å². The minimum Gasteiger partial charge on any atom is -0.382 e. The zero-order valence-electron chi connectivity index (χ0n) is 21.5.